The minimum absolute atomic E-state index is 0. The van der Waals surface area contributed by atoms with E-state index in [4.69, 9.17) is 66.6 Å². The van der Waals surface area contributed by atoms with Gasteiger partial charge in [0, 0.05) is 50.0 Å². The summed E-state index contributed by atoms with van der Waals surface area (Å²) in [6.45, 7) is 6.50. The number of aliphatic hydroxyl groups is 1. The molecule has 0 fully saturated rings. The van der Waals surface area contributed by atoms with E-state index in [1.807, 2.05) is 159 Å². The number of aromatic hydroxyl groups is 1. The SMILES string of the molecule is C[C@@H](CCCC(=O)OCc1ccccc1)C(=O)C=[N+]=[N-].C[C@@H](CCCC(=O)OCc1ccccc1)C(=O)CBr.C[C@@H](CCCC(=O)OCc1ccccc1)C(=O)O.Cl.N[C@@H](CCCC(=O)O)C(=O)O.N[C@@H](CCCC(=O)OCc1ccccc1)C(=O)O.OCc1ccccc1.Oc1c(F)c(F)cc(F)c1F. The van der Waals surface area contributed by atoms with Crippen LogP contribution < -0.4 is 11.5 Å². The number of esters is 4. The second-order valence-corrected chi connectivity index (χ2v) is 23.6. The largest absolute Gasteiger partial charge is 0.503 e. The lowest BCUT2D eigenvalue weighted by Gasteiger charge is -2.08. The number of nitrogens with two attached hydrogens (primary N) is 2. The average Bonchev–Trinajstić information content (AvgIpc) is 0.836. The van der Waals surface area contributed by atoms with Gasteiger partial charge in [-0.3, -0.25) is 47.9 Å². The van der Waals surface area contributed by atoms with Gasteiger partial charge in [0.2, 0.25) is 17.4 Å². The van der Waals surface area contributed by atoms with Crippen molar-refractivity contribution >= 4 is 93.9 Å². The number of benzene rings is 6. The summed E-state index contributed by atoms with van der Waals surface area (Å²) in [5, 5.41) is 50.9. The highest BCUT2D eigenvalue weighted by atomic mass is 79.9. The molecule has 0 radical (unpaired) electrons. The summed E-state index contributed by atoms with van der Waals surface area (Å²) in [7, 11) is 0. The van der Waals surface area contributed by atoms with E-state index in [9.17, 15) is 65.5 Å². The number of alkyl halides is 1. The Labute approximate surface area is 627 Å². The summed E-state index contributed by atoms with van der Waals surface area (Å²) >= 11 is 3.15. The first-order valence-corrected chi connectivity index (χ1v) is 34.2. The molecule has 0 unspecified atom stereocenters. The fourth-order valence-corrected chi connectivity index (χ4v) is 8.52. The van der Waals surface area contributed by atoms with Crippen LogP contribution in [0, 0.1) is 41.0 Å². The molecule has 0 aliphatic rings. The maximum atomic E-state index is 12.1. The molecular formula is C76H94BrClF4N4O20. The number of aliphatic carboxylic acids is 4. The highest BCUT2D eigenvalue weighted by molar-refractivity contribution is 9.09. The Morgan fingerprint density at radius 3 is 1.00 bits per heavy atom. The maximum absolute atomic E-state index is 12.1. The minimum atomic E-state index is -1.79. The smallest absolute Gasteiger partial charge is 0.323 e. The second kappa shape index (κ2) is 60.3. The van der Waals surface area contributed by atoms with Gasteiger partial charge in [0.1, 0.15) is 44.3 Å². The van der Waals surface area contributed by atoms with Gasteiger partial charge >= 0.3 is 54.0 Å². The highest BCUT2D eigenvalue weighted by Crippen LogP contribution is 2.24. The Balaban J connectivity index is 0. The molecule has 0 aliphatic carbocycles. The van der Waals surface area contributed by atoms with Gasteiger partial charge in [0.05, 0.1) is 17.9 Å². The fraction of sp³-hybridized carbons (Fsp3) is 0.382. The van der Waals surface area contributed by atoms with Crippen molar-refractivity contribution in [2.45, 2.75) is 162 Å². The minimum Gasteiger partial charge on any atom is -0.503 e. The van der Waals surface area contributed by atoms with Crippen LogP contribution in [0.5, 0.6) is 5.75 Å². The molecule has 24 nitrogen and oxygen atoms in total. The molecule has 30 heteroatoms. The number of ether oxygens (including phenoxy) is 4. The molecule has 5 atom stereocenters. The average molecular weight is 1570 g/mol. The third-order valence-electron chi connectivity index (χ3n) is 14.3. The first-order chi connectivity index (χ1) is 49.9. The van der Waals surface area contributed by atoms with E-state index in [2.05, 4.69) is 20.7 Å². The number of carboxylic acids is 4. The third-order valence-corrected chi connectivity index (χ3v) is 14.9. The van der Waals surface area contributed by atoms with Crippen molar-refractivity contribution in [3.05, 3.63) is 214 Å². The summed E-state index contributed by atoms with van der Waals surface area (Å²) in [6, 6.07) is 45.6. The molecule has 0 spiro atoms. The molecule has 6 rings (SSSR count). The number of hydrogen-bond acceptors (Lipinski definition) is 18. The molecular weight excluding hydrogens is 1480 g/mol. The van der Waals surface area contributed by atoms with Gasteiger partial charge in [0.15, 0.2) is 17.4 Å². The molecule has 0 aliphatic heterocycles. The summed E-state index contributed by atoms with van der Waals surface area (Å²) in [6.07, 6.45) is 6.76. The standard InChI is InChI=1S/C15H19BrO3.C15H18N2O3.C14H18O4.C13H17NO4.C7H8O.C6H2F4O.C6H11NO4.ClH/c1-12(14(17)10-16)6-5-9-15(18)19-11-13-7-3-2-4-8-13;1-12(14(18)10-17-16)6-5-9-15(19)20-11-13-7-3-2-4-8-13;1-11(14(16)17)6-5-9-13(15)18-10-12-7-3-2-4-8-12;14-11(13(16)17)7-4-8-12(15)18-9-10-5-2-1-3-6-10;8-6-7-4-2-1-3-5-7;7-2-1-3(8)5(10)6(11)4(2)9;7-4(6(10)11)2-1-3-5(8)9;/h2-4,7-8,12H,5-6,9-11H2,1H3;2-4,7-8,10,12H,5-6,9,11H2,1H3;2-4,7-8,11H,5-6,9-10H2,1H3,(H,16,17);1-3,5-6,11H,4,7-9,14H2,(H,16,17);1-5,8H,6H2;1,11H;4H,1-3,7H2,(H,8,9)(H,10,11);1H/t2*12-;2*11-;;;4-;/m0000..0./s1. The zero-order valence-electron chi connectivity index (χ0n) is 59.1. The normalized spacial score (nSPS) is 11.3. The van der Waals surface area contributed by atoms with E-state index in [0.29, 0.717) is 63.3 Å². The molecule has 580 valence electrons. The van der Waals surface area contributed by atoms with Crippen LogP contribution in [0.1, 0.15) is 145 Å². The molecule has 106 heavy (non-hydrogen) atoms. The summed E-state index contributed by atoms with van der Waals surface area (Å²) < 4.78 is 68.9. The lowest BCUT2D eigenvalue weighted by Crippen LogP contribution is -2.29. The quantitative estimate of drug-likeness (QED) is 0.00265. The van der Waals surface area contributed by atoms with Crippen LogP contribution in [0.25, 0.3) is 5.53 Å². The summed E-state index contributed by atoms with van der Waals surface area (Å²) in [5.74, 6) is -14.2. The molecule has 6 aromatic carbocycles. The van der Waals surface area contributed by atoms with E-state index >= 15 is 0 Å². The van der Waals surface area contributed by atoms with Crippen molar-refractivity contribution in [1.82, 2.24) is 0 Å². The number of nitrogens with zero attached hydrogens (tertiary/aromatic N) is 2. The Morgan fingerprint density at radius 1 is 0.453 bits per heavy atom. The van der Waals surface area contributed by atoms with Gasteiger partial charge in [-0.2, -0.15) is 13.6 Å². The van der Waals surface area contributed by atoms with Crippen LogP contribution >= 0.6 is 28.3 Å². The van der Waals surface area contributed by atoms with Crippen molar-refractivity contribution in [2.24, 2.45) is 29.2 Å². The number of carbonyl (C=O) groups is 10. The van der Waals surface area contributed by atoms with Gasteiger partial charge < -0.3 is 66.6 Å². The van der Waals surface area contributed by atoms with Crippen LogP contribution in [-0.2, 0) is 99.9 Å². The predicted molar refractivity (Wildman–Crippen MR) is 389 cm³/mol. The highest BCUT2D eigenvalue weighted by Gasteiger charge is 2.19. The van der Waals surface area contributed by atoms with Crippen LogP contribution in [0.4, 0.5) is 17.6 Å². The summed E-state index contributed by atoms with van der Waals surface area (Å²) in [5.41, 5.74) is 23.4. The number of aliphatic hydroxyl groups excluding tert-OH is 1. The van der Waals surface area contributed by atoms with Crippen LogP contribution in [0.2, 0.25) is 0 Å². The van der Waals surface area contributed by atoms with Gasteiger partial charge in [-0.05, 0) is 92.0 Å². The Bertz CT molecular complexity index is 3470. The van der Waals surface area contributed by atoms with Crippen LogP contribution in [0.15, 0.2) is 158 Å². The van der Waals surface area contributed by atoms with E-state index < -0.39 is 70.9 Å². The monoisotopic (exact) mass is 1570 g/mol. The second-order valence-electron chi connectivity index (χ2n) is 23.1. The van der Waals surface area contributed by atoms with Gasteiger partial charge in [0.25, 0.3) is 0 Å². The van der Waals surface area contributed by atoms with Crippen molar-refractivity contribution in [3.63, 3.8) is 0 Å². The first kappa shape index (κ1) is 98.0. The van der Waals surface area contributed by atoms with Crippen molar-refractivity contribution in [3.8, 4) is 5.75 Å². The molecule has 6 aromatic rings. The third kappa shape index (κ3) is 50.4. The predicted octanol–water partition coefficient (Wildman–Crippen LogP) is 13.0. The van der Waals surface area contributed by atoms with Gasteiger partial charge in [-0.15, -0.1) is 12.4 Å². The van der Waals surface area contributed by atoms with E-state index in [-0.39, 0.29) is 131 Å². The molecule has 0 saturated heterocycles. The Hall–Kier alpha value is -10.0. The van der Waals surface area contributed by atoms with Gasteiger partial charge in [-0.1, -0.05) is 188 Å². The number of Topliss-reactive ketones (excluding diaryl/α,β-unsaturated/α-hetero) is 2. The van der Waals surface area contributed by atoms with E-state index in [1.54, 1.807) is 13.8 Å². The lowest BCUT2D eigenvalue weighted by atomic mass is 10.0. The van der Waals surface area contributed by atoms with Crippen molar-refractivity contribution < 1.29 is 120 Å². The van der Waals surface area contributed by atoms with E-state index in [1.165, 1.54) is 0 Å². The van der Waals surface area contributed by atoms with Crippen molar-refractivity contribution in [1.29, 1.82) is 0 Å². The fourth-order valence-electron chi connectivity index (χ4n) is 7.97. The Kier molecular flexibility index (Phi) is 55.7. The number of phenolic OH excluding ortho intramolecular Hbond substituents is 1. The van der Waals surface area contributed by atoms with Crippen LogP contribution in [0.3, 0.4) is 0 Å². The number of ketones is 2. The van der Waals surface area contributed by atoms with E-state index in [0.717, 1.165) is 40.5 Å². The first-order valence-electron chi connectivity index (χ1n) is 33.1. The zero-order chi connectivity index (χ0) is 78.9. The lowest BCUT2D eigenvalue weighted by molar-refractivity contribution is -0.146. The Morgan fingerprint density at radius 2 is 0.736 bits per heavy atom. The molecule has 10 N–H and O–H groups in total. The zero-order valence-corrected chi connectivity index (χ0v) is 61.5. The number of carbonyl (C=O) groups excluding carboxylic acids is 6. The number of hydrogen-bond donors (Lipinski definition) is 8. The number of phenols is 1. The van der Waals surface area contributed by atoms with Gasteiger partial charge in [-0.25, -0.2) is 8.78 Å². The number of carboxylic acid groups (broad SMARTS) is 4. The van der Waals surface area contributed by atoms with Crippen LogP contribution in [-0.4, -0.2) is 118 Å². The molecule has 0 aromatic heterocycles. The number of rotatable bonds is 36. The summed E-state index contributed by atoms with van der Waals surface area (Å²) in [4.78, 5) is 112. The topological polar surface area (TPSA) is 417 Å². The molecule has 0 bridgehead atoms. The number of halogens is 6. The maximum Gasteiger partial charge on any atom is 0.323 e. The van der Waals surface area contributed by atoms with Crippen molar-refractivity contribution in [2.75, 3.05) is 5.33 Å². The molecule has 0 heterocycles. The molecule has 0 amide bonds. The molecule has 0 saturated carbocycles.